The van der Waals surface area contributed by atoms with Crippen molar-refractivity contribution in [3.8, 4) is 0 Å². The summed E-state index contributed by atoms with van der Waals surface area (Å²) in [7, 11) is -2.04. The zero-order valence-electron chi connectivity index (χ0n) is 9.42. The third-order valence-electron chi connectivity index (χ3n) is 1.99. The maximum atomic E-state index is 11.7. The Morgan fingerprint density at radius 1 is 1.65 bits per heavy atom. The van der Waals surface area contributed by atoms with Crippen LogP contribution in [-0.4, -0.2) is 39.9 Å². The van der Waals surface area contributed by atoms with E-state index in [-0.39, 0.29) is 17.4 Å². The van der Waals surface area contributed by atoms with E-state index in [1.165, 1.54) is 13.2 Å². The Labute approximate surface area is 104 Å². The SMILES string of the molecule is COCC(O)CCNS(=O)(=O)c1cc(N)cs1. The van der Waals surface area contributed by atoms with Gasteiger partial charge in [-0.2, -0.15) is 0 Å². The van der Waals surface area contributed by atoms with Gasteiger partial charge < -0.3 is 15.6 Å². The first kappa shape index (κ1) is 14.4. The smallest absolute Gasteiger partial charge is 0.250 e. The first-order valence-corrected chi connectivity index (χ1v) is 7.32. The molecule has 0 aliphatic carbocycles. The van der Waals surface area contributed by atoms with Crippen LogP contribution in [-0.2, 0) is 14.8 Å². The third kappa shape index (κ3) is 4.60. The summed E-state index contributed by atoms with van der Waals surface area (Å²) in [6.07, 6.45) is -0.371. The van der Waals surface area contributed by atoms with Gasteiger partial charge in [0.25, 0.3) is 0 Å². The molecule has 1 aromatic heterocycles. The van der Waals surface area contributed by atoms with Gasteiger partial charge in [-0.1, -0.05) is 0 Å². The van der Waals surface area contributed by atoms with Crippen LogP contribution in [0.4, 0.5) is 5.69 Å². The highest BCUT2D eigenvalue weighted by Crippen LogP contribution is 2.21. The normalized spacial score (nSPS) is 13.8. The minimum Gasteiger partial charge on any atom is -0.398 e. The van der Waals surface area contributed by atoms with Gasteiger partial charge in [0, 0.05) is 24.7 Å². The molecule has 0 saturated carbocycles. The number of hydrogen-bond acceptors (Lipinski definition) is 6. The van der Waals surface area contributed by atoms with E-state index in [0.29, 0.717) is 12.1 Å². The summed E-state index contributed by atoms with van der Waals surface area (Å²) in [5.41, 5.74) is 5.88. The Morgan fingerprint density at radius 3 is 2.88 bits per heavy atom. The minimum absolute atomic E-state index is 0.157. The lowest BCUT2D eigenvalue weighted by Gasteiger charge is -2.09. The molecule has 1 unspecified atom stereocenters. The number of rotatable bonds is 7. The lowest BCUT2D eigenvalue weighted by molar-refractivity contribution is 0.0603. The molecule has 17 heavy (non-hydrogen) atoms. The Hall–Kier alpha value is -0.670. The van der Waals surface area contributed by atoms with E-state index >= 15 is 0 Å². The van der Waals surface area contributed by atoms with Gasteiger partial charge in [0.15, 0.2) is 0 Å². The highest BCUT2D eigenvalue weighted by molar-refractivity contribution is 7.91. The topological polar surface area (TPSA) is 102 Å². The lowest BCUT2D eigenvalue weighted by Crippen LogP contribution is -2.28. The van der Waals surface area contributed by atoms with Crippen molar-refractivity contribution in [2.75, 3.05) is 26.0 Å². The first-order chi connectivity index (χ1) is 7.95. The molecule has 6 nitrogen and oxygen atoms in total. The standard InChI is InChI=1S/C9H16N2O4S2/c1-15-5-8(12)2-3-11-17(13,14)9-4-7(10)6-16-9/h4,6,8,11-12H,2-3,5,10H2,1H3. The van der Waals surface area contributed by atoms with Crippen molar-refractivity contribution in [1.82, 2.24) is 4.72 Å². The fourth-order valence-electron chi connectivity index (χ4n) is 1.18. The summed E-state index contributed by atoms with van der Waals surface area (Å²) in [6, 6.07) is 1.40. The number of ether oxygens (including phenoxy) is 1. The molecule has 8 heteroatoms. The van der Waals surface area contributed by atoms with Gasteiger partial charge in [-0.25, -0.2) is 13.1 Å². The number of nitrogens with one attached hydrogen (secondary N) is 1. The van der Waals surface area contributed by atoms with Gasteiger partial charge in [0.05, 0.1) is 12.7 Å². The number of anilines is 1. The zero-order chi connectivity index (χ0) is 12.9. The minimum atomic E-state index is -3.51. The van der Waals surface area contributed by atoms with Gasteiger partial charge in [0.1, 0.15) is 4.21 Å². The second-order valence-corrected chi connectivity index (χ2v) is 6.40. The quantitative estimate of drug-likeness (QED) is 0.653. The van der Waals surface area contributed by atoms with E-state index in [9.17, 15) is 13.5 Å². The molecule has 0 aromatic carbocycles. The summed E-state index contributed by atoms with van der Waals surface area (Å²) < 4.78 is 30.7. The molecule has 98 valence electrons. The highest BCUT2D eigenvalue weighted by Gasteiger charge is 2.16. The van der Waals surface area contributed by atoms with E-state index in [0.717, 1.165) is 11.3 Å². The summed E-state index contributed by atoms with van der Waals surface area (Å²) in [5.74, 6) is 0. The number of aliphatic hydroxyl groups is 1. The fourth-order valence-corrected chi connectivity index (χ4v) is 3.35. The third-order valence-corrected chi connectivity index (χ3v) is 4.91. The number of thiophene rings is 1. The second kappa shape index (κ2) is 6.31. The van der Waals surface area contributed by atoms with Gasteiger partial charge in [-0.05, 0) is 12.5 Å². The van der Waals surface area contributed by atoms with E-state index in [2.05, 4.69) is 4.72 Å². The molecule has 4 N–H and O–H groups in total. The highest BCUT2D eigenvalue weighted by atomic mass is 32.2. The molecular weight excluding hydrogens is 264 g/mol. The summed E-state index contributed by atoms with van der Waals surface area (Å²) in [5, 5.41) is 10.9. The number of aliphatic hydroxyl groups excluding tert-OH is 1. The van der Waals surface area contributed by atoms with Crippen LogP contribution in [0.3, 0.4) is 0 Å². The number of hydrogen-bond donors (Lipinski definition) is 3. The van der Waals surface area contributed by atoms with E-state index in [1.807, 2.05) is 0 Å². The van der Waals surface area contributed by atoms with Crippen molar-refractivity contribution >= 4 is 27.0 Å². The lowest BCUT2D eigenvalue weighted by atomic mass is 10.3. The van der Waals surface area contributed by atoms with Crippen LogP contribution in [0.5, 0.6) is 0 Å². The van der Waals surface area contributed by atoms with Crippen LogP contribution < -0.4 is 10.5 Å². The van der Waals surface area contributed by atoms with E-state index in [1.54, 1.807) is 5.38 Å². The van der Waals surface area contributed by atoms with Gasteiger partial charge >= 0.3 is 0 Å². The van der Waals surface area contributed by atoms with Gasteiger partial charge in [-0.15, -0.1) is 11.3 Å². The summed E-state index contributed by atoms with van der Waals surface area (Å²) in [6.45, 7) is 0.346. The molecule has 1 atom stereocenters. The Kier molecular flexibility index (Phi) is 5.34. The maximum absolute atomic E-state index is 11.7. The van der Waals surface area contributed by atoms with Gasteiger partial charge in [0.2, 0.25) is 10.0 Å². The average molecular weight is 280 g/mol. The molecule has 0 fully saturated rings. The van der Waals surface area contributed by atoms with E-state index < -0.39 is 16.1 Å². The van der Waals surface area contributed by atoms with Crippen LogP contribution in [0.15, 0.2) is 15.7 Å². The van der Waals surface area contributed by atoms with Crippen molar-refractivity contribution in [3.05, 3.63) is 11.4 Å². The molecule has 1 rings (SSSR count). The molecule has 0 aliphatic rings. The van der Waals surface area contributed by atoms with Crippen LogP contribution >= 0.6 is 11.3 Å². The maximum Gasteiger partial charge on any atom is 0.250 e. The number of nitrogens with two attached hydrogens (primary N) is 1. The van der Waals surface area contributed by atoms with Crippen LogP contribution in [0.2, 0.25) is 0 Å². The zero-order valence-corrected chi connectivity index (χ0v) is 11.1. The fraction of sp³-hybridized carbons (Fsp3) is 0.556. The average Bonchev–Trinajstić information content (AvgIpc) is 2.65. The monoisotopic (exact) mass is 280 g/mol. The first-order valence-electron chi connectivity index (χ1n) is 4.96. The molecule has 1 heterocycles. The molecule has 0 saturated heterocycles. The molecule has 0 bridgehead atoms. The molecular formula is C9H16N2O4S2. The predicted octanol–water partition coefficient (Wildman–Crippen LogP) is 0.00600. The van der Waals surface area contributed by atoms with Crippen molar-refractivity contribution in [2.45, 2.75) is 16.7 Å². The Morgan fingerprint density at radius 2 is 2.35 bits per heavy atom. The molecule has 0 amide bonds. The van der Waals surface area contributed by atoms with E-state index in [4.69, 9.17) is 10.5 Å². The number of sulfonamides is 1. The molecule has 1 aromatic rings. The molecule has 0 aliphatic heterocycles. The molecule has 0 spiro atoms. The van der Waals surface area contributed by atoms with Crippen molar-refractivity contribution < 1.29 is 18.3 Å². The Balaban J connectivity index is 2.46. The largest absolute Gasteiger partial charge is 0.398 e. The summed E-state index contributed by atoms with van der Waals surface area (Å²) in [4.78, 5) is 0. The molecule has 0 radical (unpaired) electrons. The second-order valence-electron chi connectivity index (χ2n) is 3.49. The number of methoxy groups -OCH3 is 1. The van der Waals surface area contributed by atoms with Crippen LogP contribution in [0.25, 0.3) is 0 Å². The Bertz CT molecular complexity index is 444. The van der Waals surface area contributed by atoms with Gasteiger partial charge in [-0.3, -0.25) is 0 Å². The van der Waals surface area contributed by atoms with Crippen molar-refractivity contribution in [2.24, 2.45) is 0 Å². The number of nitrogen functional groups attached to an aromatic ring is 1. The summed E-state index contributed by atoms with van der Waals surface area (Å²) >= 11 is 1.06. The van der Waals surface area contributed by atoms with Crippen LogP contribution in [0, 0.1) is 0 Å². The predicted molar refractivity (Wildman–Crippen MR) is 66.4 cm³/mol. The van der Waals surface area contributed by atoms with Crippen molar-refractivity contribution in [3.63, 3.8) is 0 Å². The van der Waals surface area contributed by atoms with Crippen LogP contribution in [0.1, 0.15) is 6.42 Å². The van der Waals surface area contributed by atoms with Crippen molar-refractivity contribution in [1.29, 1.82) is 0 Å².